The Hall–Kier alpha value is -0.210. The Bertz CT molecular complexity index is 351. The SMILES string of the molecule is C=CC(O)(CCl)c1ccc(Cl)c(Cl)c1. The van der Waals surface area contributed by atoms with Crippen molar-refractivity contribution in [3.63, 3.8) is 0 Å². The summed E-state index contributed by atoms with van der Waals surface area (Å²) in [6, 6.07) is 4.85. The van der Waals surface area contributed by atoms with E-state index in [0.29, 0.717) is 15.6 Å². The minimum absolute atomic E-state index is 0.0223. The molecule has 0 fully saturated rings. The summed E-state index contributed by atoms with van der Waals surface area (Å²) < 4.78 is 0. The molecule has 0 amide bonds. The lowest BCUT2D eigenvalue weighted by atomic mass is 9.96. The second-order valence-electron chi connectivity index (χ2n) is 2.89. The molecule has 0 aromatic heterocycles. The van der Waals surface area contributed by atoms with Gasteiger partial charge in [0.05, 0.1) is 15.9 Å². The Morgan fingerprint density at radius 1 is 1.36 bits per heavy atom. The highest BCUT2D eigenvalue weighted by molar-refractivity contribution is 6.42. The van der Waals surface area contributed by atoms with Crippen molar-refractivity contribution in [1.29, 1.82) is 0 Å². The average Bonchev–Trinajstić information content (AvgIpc) is 2.21. The van der Waals surface area contributed by atoms with Gasteiger partial charge in [0, 0.05) is 0 Å². The van der Waals surface area contributed by atoms with Crippen LogP contribution < -0.4 is 0 Å². The van der Waals surface area contributed by atoms with Crippen molar-refractivity contribution in [3.8, 4) is 0 Å². The van der Waals surface area contributed by atoms with Gasteiger partial charge in [-0.3, -0.25) is 0 Å². The van der Waals surface area contributed by atoms with Gasteiger partial charge in [-0.1, -0.05) is 41.9 Å². The van der Waals surface area contributed by atoms with Crippen LogP contribution >= 0.6 is 34.8 Å². The summed E-state index contributed by atoms with van der Waals surface area (Å²) in [6.45, 7) is 3.52. The molecule has 0 aliphatic heterocycles. The molecule has 1 atom stereocenters. The maximum Gasteiger partial charge on any atom is 0.121 e. The minimum atomic E-state index is -1.25. The molecule has 1 rings (SSSR count). The van der Waals surface area contributed by atoms with Gasteiger partial charge >= 0.3 is 0 Å². The number of aliphatic hydroxyl groups is 1. The molecule has 1 unspecified atom stereocenters. The Morgan fingerprint density at radius 2 is 2.00 bits per heavy atom. The molecule has 0 aliphatic rings. The standard InChI is InChI=1S/C10H9Cl3O/c1-2-10(14,6-11)7-3-4-8(12)9(13)5-7/h2-5,14H,1,6H2. The molecule has 0 aliphatic carbocycles. The molecule has 1 nitrogen and oxygen atoms in total. The molecule has 1 aromatic rings. The van der Waals surface area contributed by atoms with Gasteiger partial charge in [0.1, 0.15) is 5.60 Å². The normalized spacial score (nSPS) is 14.9. The molecule has 1 aromatic carbocycles. The first-order valence-electron chi connectivity index (χ1n) is 3.91. The van der Waals surface area contributed by atoms with Crippen LogP contribution in [0.2, 0.25) is 10.0 Å². The molecular weight excluding hydrogens is 242 g/mol. The Balaban J connectivity index is 3.19. The van der Waals surface area contributed by atoms with Gasteiger partial charge in [-0.2, -0.15) is 0 Å². The summed E-state index contributed by atoms with van der Waals surface area (Å²) in [5.41, 5.74) is -0.674. The van der Waals surface area contributed by atoms with E-state index < -0.39 is 5.60 Å². The third kappa shape index (κ3) is 2.23. The fraction of sp³-hybridized carbons (Fsp3) is 0.200. The predicted octanol–water partition coefficient (Wildman–Crippen LogP) is 3.61. The molecule has 4 heteroatoms. The number of rotatable bonds is 3. The van der Waals surface area contributed by atoms with Gasteiger partial charge in [-0.15, -0.1) is 11.6 Å². The molecule has 0 radical (unpaired) electrons. The molecule has 76 valence electrons. The smallest absolute Gasteiger partial charge is 0.121 e. The maximum absolute atomic E-state index is 9.96. The lowest BCUT2D eigenvalue weighted by molar-refractivity contribution is 0.115. The molecule has 0 saturated carbocycles. The lowest BCUT2D eigenvalue weighted by Gasteiger charge is -2.22. The zero-order chi connectivity index (χ0) is 10.8. The fourth-order valence-corrected chi connectivity index (χ4v) is 1.58. The van der Waals surface area contributed by atoms with Crippen LogP contribution in [0, 0.1) is 0 Å². The predicted molar refractivity (Wildman–Crippen MR) is 61.3 cm³/mol. The molecule has 0 heterocycles. The summed E-state index contributed by atoms with van der Waals surface area (Å²) in [7, 11) is 0. The largest absolute Gasteiger partial charge is 0.380 e. The Morgan fingerprint density at radius 3 is 2.43 bits per heavy atom. The second-order valence-corrected chi connectivity index (χ2v) is 3.97. The lowest BCUT2D eigenvalue weighted by Crippen LogP contribution is -2.24. The van der Waals surface area contributed by atoms with Crippen LogP contribution in [0.15, 0.2) is 30.9 Å². The number of hydrogen-bond acceptors (Lipinski definition) is 1. The van der Waals surface area contributed by atoms with Crippen molar-refractivity contribution in [3.05, 3.63) is 46.5 Å². The molecule has 14 heavy (non-hydrogen) atoms. The number of hydrogen-bond donors (Lipinski definition) is 1. The molecule has 0 bridgehead atoms. The second kappa shape index (κ2) is 4.54. The van der Waals surface area contributed by atoms with E-state index in [2.05, 4.69) is 6.58 Å². The zero-order valence-corrected chi connectivity index (χ0v) is 9.57. The van der Waals surface area contributed by atoms with E-state index in [-0.39, 0.29) is 5.88 Å². The quantitative estimate of drug-likeness (QED) is 0.643. The number of halogens is 3. The average molecular weight is 252 g/mol. The summed E-state index contributed by atoms with van der Waals surface area (Å²) in [4.78, 5) is 0. The fourth-order valence-electron chi connectivity index (χ4n) is 1.01. The van der Waals surface area contributed by atoms with Crippen LogP contribution in [0.25, 0.3) is 0 Å². The van der Waals surface area contributed by atoms with Crippen LogP contribution in [0.1, 0.15) is 5.56 Å². The summed E-state index contributed by atoms with van der Waals surface area (Å²) in [6.07, 6.45) is 1.37. The monoisotopic (exact) mass is 250 g/mol. The van der Waals surface area contributed by atoms with Crippen molar-refractivity contribution in [2.45, 2.75) is 5.60 Å². The van der Waals surface area contributed by atoms with Crippen molar-refractivity contribution >= 4 is 34.8 Å². The van der Waals surface area contributed by atoms with Crippen LogP contribution in [0.4, 0.5) is 0 Å². The van der Waals surface area contributed by atoms with E-state index in [0.717, 1.165) is 0 Å². The van der Waals surface area contributed by atoms with Gasteiger partial charge in [0.15, 0.2) is 0 Å². The molecule has 0 spiro atoms. The molecule has 0 saturated heterocycles. The highest BCUT2D eigenvalue weighted by atomic mass is 35.5. The van der Waals surface area contributed by atoms with Crippen LogP contribution in [0.3, 0.4) is 0 Å². The Kier molecular flexibility index (Phi) is 3.85. The zero-order valence-electron chi connectivity index (χ0n) is 7.30. The van der Waals surface area contributed by atoms with E-state index in [9.17, 15) is 5.11 Å². The van der Waals surface area contributed by atoms with E-state index >= 15 is 0 Å². The van der Waals surface area contributed by atoms with Crippen LogP contribution in [-0.4, -0.2) is 11.0 Å². The van der Waals surface area contributed by atoms with E-state index in [1.54, 1.807) is 18.2 Å². The van der Waals surface area contributed by atoms with Gasteiger partial charge in [0.25, 0.3) is 0 Å². The highest BCUT2D eigenvalue weighted by Crippen LogP contribution is 2.30. The van der Waals surface area contributed by atoms with Gasteiger partial charge < -0.3 is 5.11 Å². The number of benzene rings is 1. The van der Waals surface area contributed by atoms with E-state index in [1.807, 2.05) is 0 Å². The molecule has 1 N–H and O–H groups in total. The summed E-state index contributed by atoms with van der Waals surface area (Å²) in [5, 5.41) is 10.8. The third-order valence-corrected chi connectivity index (χ3v) is 3.11. The van der Waals surface area contributed by atoms with Gasteiger partial charge in [0.2, 0.25) is 0 Å². The number of alkyl halides is 1. The summed E-state index contributed by atoms with van der Waals surface area (Å²) >= 11 is 17.2. The third-order valence-electron chi connectivity index (χ3n) is 1.96. The highest BCUT2D eigenvalue weighted by Gasteiger charge is 2.24. The molecular formula is C10H9Cl3O. The van der Waals surface area contributed by atoms with Crippen LogP contribution in [0.5, 0.6) is 0 Å². The maximum atomic E-state index is 9.96. The topological polar surface area (TPSA) is 20.2 Å². The van der Waals surface area contributed by atoms with Gasteiger partial charge in [-0.05, 0) is 17.7 Å². The van der Waals surface area contributed by atoms with Crippen molar-refractivity contribution in [2.75, 3.05) is 5.88 Å². The minimum Gasteiger partial charge on any atom is -0.380 e. The van der Waals surface area contributed by atoms with E-state index in [4.69, 9.17) is 34.8 Å². The first-order valence-corrected chi connectivity index (χ1v) is 5.20. The first kappa shape index (κ1) is 11.9. The van der Waals surface area contributed by atoms with Crippen molar-refractivity contribution in [2.24, 2.45) is 0 Å². The first-order chi connectivity index (χ1) is 6.53. The van der Waals surface area contributed by atoms with Crippen LogP contribution in [-0.2, 0) is 5.60 Å². The van der Waals surface area contributed by atoms with Gasteiger partial charge in [-0.25, -0.2) is 0 Å². The van der Waals surface area contributed by atoms with Crippen molar-refractivity contribution < 1.29 is 5.11 Å². The van der Waals surface area contributed by atoms with E-state index in [1.165, 1.54) is 6.08 Å². The van der Waals surface area contributed by atoms with Crippen molar-refractivity contribution in [1.82, 2.24) is 0 Å². The summed E-state index contributed by atoms with van der Waals surface area (Å²) in [5.74, 6) is 0.0223. The Labute approximate surface area is 97.9 Å².